The molecule has 156 valence electrons. The minimum Gasteiger partial charge on any atom is -0.484 e. The molecule has 29 heavy (non-hydrogen) atoms. The maximum atomic E-state index is 12.2. The normalized spacial score (nSPS) is 15.2. The van der Waals surface area contributed by atoms with E-state index in [0.717, 1.165) is 18.8 Å². The molecular weight excluding hydrogens is 362 g/mol. The van der Waals surface area contributed by atoms with Crippen LogP contribution in [-0.2, 0) is 10.2 Å². The minimum atomic E-state index is -0.155. The number of rotatable bonds is 6. The van der Waals surface area contributed by atoms with E-state index in [-0.39, 0.29) is 17.9 Å². The van der Waals surface area contributed by atoms with Crippen molar-refractivity contribution in [3.05, 3.63) is 54.1 Å². The highest BCUT2D eigenvalue weighted by molar-refractivity contribution is 5.92. The third-order valence-electron chi connectivity index (χ3n) is 5.58. The Kier molecular flexibility index (Phi) is 6.80. The molecule has 5 heteroatoms. The Hall–Kier alpha value is -2.53. The molecule has 3 rings (SSSR count). The number of piperazine rings is 1. The van der Waals surface area contributed by atoms with E-state index in [1.54, 1.807) is 4.90 Å². The Bertz CT molecular complexity index is 786. The van der Waals surface area contributed by atoms with Gasteiger partial charge in [0.25, 0.3) is 5.91 Å². The second kappa shape index (κ2) is 9.31. The van der Waals surface area contributed by atoms with Crippen molar-refractivity contribution in [2.75, 3.05) is 49.5 Å². The number of nitrogens with one attached hydrogen (secondary N) is 2. The number of carbonyl (C=O) groups is 1. The van der Waals surface area contributed by atoms with Gasteiger partial charge in [-0.15, -0.1) is 0 Å². The second-order valence-electron chi connectivity index (χ2n) is 8.75. The molecule has 0 aliphatic carbocycles. The Morgan fingerprint density at radius 1 is 1.03 bits per heavy atom. The van der Waals surface area contributed by atoms with Gasteiger partial charge in [-0.3, -0.25) is 4.79 Å². The molecule has 0 spiro atoms. The molecule has 1 saturated heterocycles. The fourth-order valence-electron chi connectivity index (χ4n) is 3.59. The van der Waals surface area contributed by atoms with Crippen LogP contribution in [0.4, 0.5) is 11.4 Å². The van der Waals surface area contributed by atoms with Gasteiger partial charge < -0.3 is 19.9 Å². The van der Waals surface area contributed by atoms with E-state index in [1.807, 2.05) is 36.4 Å². The van der Waals surface area contributed by atoms with Crippen LogP contribution in [-0.4, -0.2) is 45.2 Å². The zero-order valence-corrected chi connectivity index (χ0v) is 18.1. The molecule has 0 atom stereocenters. The summed E-state index contributed by atoms with van der Waals surface area (Å²) in [7, 11) is 0. The SMILES string of the molecule is CC[NH+]1CCN(c2ccc(NC(=O)COc3ccc(C(C)(C)C)cc3)cc2)CC1. The molecule has 0 unspecified atom stereocenters. The van der Waals surface area contributed by atoms with Crippen molar-refractivity contribution in [2.45, 2.75) is 33.1 Å². The first kappa shape index (κ1) is 21.2. The molecule has 0 aromatic heterocycles. The number of ether oxygens (including phenoxy) is 1. The summed E-state index contributed by atoms with van der Waals surface area (Å²) in [5.41, 5.74) is 3.36. The molecule has 0 bridgehead atoms. The second-order valence-corrected chi connectivity index (χ2v) is 8.75. The number of anilines is 2. The van der Waals surface area contributed by atoms with Crippen LogP contribution in [0.5, 0.6) is 5.75 Å². The predicted molar refractivity (Wildman–Crippen MR) is 119 cm³/mol. The summed E-state index contributed by atoms with van der Waals surface area (Å²) in [4.78, 5) is 16.3. The molecule has 1 aliphatic rings. The highest BCUT2D eigenvalue weighted by Crippen LogP contribution is 2.24. The van der Waals surface area contributed by atoms with Crippen LogP contribution in [0.15, 0.2) is 48.5 Å². The molecular formula is C24H34N3O2+. The van der Waals surface area contributed by atoms with Gasteiger partial charge in [-0.25, -0.2) is 0 Å². The molecule has 1 fully saturated rings. The van der Waals surface area contributed by atoms with Crippen LogP contribution < -0.4 is 19.9 Å². The highest BCUT2D eigenvalue weighted by Gasteiger charge is 2.18. The lowest BCUT2D eigenvalue weighted by molar-refractivity contribution is -0.898. The molecule has 5 nitrogen and oxygen atoms in total. The van der Waals surface area contributed by atoms with Gasteiger partial charge in [-0.1, -0.05) is 32.9 Å². The number of benzene rings is 2. The summed E-state index contributed by atoms with van der Waals surface area (Å²) in [6.07, 6.45) is 0. The van der Waals surface area contributed by atoms with Gasteiger partial charge in [-0.05, 0) is 54.3 Å². The number of amides is 1. The maximum Gasteiger partial charge on any atom is 0.262 e. The predicted octanol–water partition coefficient (Wildman–Crippen LogP) is 2.73. The van der Waals surface area contributed by atoms with Crippen molar-refractivity contribution in [3.8, 4) is 5.75 Å². The lowest BCUT2D eigenvalue weighted by Gasteiger charge is -2.33. The van der Waals surface area contributed by atoms with E-state index in [1.165, 1.54) is 30.9 Å². The molecule has 2 aromatic carbocycles. The molecule has 2 aromatic rings. The van der Waals surface area contributed by atoms with Crippen molar-refractivity contribution in [1.29, 1.82) is 0 Å². The number of nitrogens with zero attached hydrogens (tertiary/aromatic N) is 1. The van der Waals surface area contributed by atoms with E-state index in [4.69, 9.17) is 4.74 Å². The van der Waals surface area contributed by atoms with Crippen molar-refractivity contribution < 1.29 is 14.4 Å². The molecule has 0 saturated carbocycles. The average molecular weight is 397 g/mol. The number of hydrogen-bond acceptors (Lipinski definition) is 3. The summed E-state index contributed by atoms with van der Waals surface area (Å²) in [5, 5.41) is 2.91. The molecule has 1 heterocycles. The zero-order valence-electron chi connectivity index (χ0n) is 18.1. The largest absolute Gasteiger partial charge is 0.484 e. The molecule has 2 N–H and O–H groups in total. The fourth-order valence-corrected chi connectivity index (χ4v) is 3.59. The number of hydrogen-bond donors (Lipinski definition) is 2. The summed E-state index contributed by atoms with van der Waals surface area (Å²) in [6, 6.07) is 16.0. The van der Waals surface area contributed by atoms with Crippen LogP contribution in [0.3, 0.4) is 0 Å². The third kappa shape index (κ3) is 5.97. The number of quaternary nitrogens is 1. The molecule has 1 aliphatic heterocycles. The number of carbonyl (C=O) groups excluding carboxylic acids is 1. The van der Waals surface area contributed by atoms with Gasteiger partial charge in [0.15, 0.2) is 6.61 Å². The van der Waals surface area contributed by atoms with Gasteiger partial charge in [0.2, 0.25) is 0 Å². The van der Waals surface area contributed by atoms with Gasteiger partial charge in [0.1, 0.15) is 5.75 Å². The first-order valence-corrected chi connectivity index (χ1v) is 10.6. The van der Waals surface area contributed by atoms with E-state index in [9.17, 15) is 4.79 Å². The topological polar surface area (TPSA) is 46.0 Å². The van der Waals surface area contributed by atoms with Crippen LogP contribution >= 0.6 is 0 Å². The lowest BCUT2D eigenvalue weighted by Crippen LogP contribution is -3.14. The smallest absolute Gasteiger partial charge is 0.262 e. The summed E-state index contributed by atoms with van der Waals surface area (Å²) in [6.45, 7) is 14.5. The third-order valence-corrected chi connectivity index (χ3v) is 5.58. The van der Waals surface area contributed by atoms with Gasteiger partial charge in [0, 0.05) is 11.4 Å². The monoisotopic (exact) mass is 396 g/mol. The minimum absolute atomic E-state index is 0.00162. The van der Waals surface area contributed by atoms with Crippen LogP contribution in [0, 0.1) is 0 Å². The Morgan fingerprint density at radius 2 is 1.66 bits per heavy atom. The summed E-state index contributed by atoms with van der Waals surface area (Å²) < 4.78 is 5.62. The fraction of sp³-hybridized carbons (Fsp3) is 0.458. The first-order chi connectivity index (χ1) is 13.8. The van der Waals surface area contributed by atoms with E-state index >= 15 is 0 Å². The number of likely N-dealkylation sites (N-methyl/N-ethyl adjacent to an activating group) is 1. The van der Waals surface area contributed by atoms with Crippen LogP contribution in [0.2, 0.25) is 0 Å². The van der Waals surface area contributed by atoms with E-state index < -0.39 is 0 Å². The Balaban J connectivity index is 1.47. The first-order valence-electron chi connectivity index (χ1n) is 10.6. The van der Waals surface area contributed by atoms with Crippen molar-refractivity contribution in [3.63, 3.8) is 0 Å². The zero-order chi connectivity index (χ0) is 20.9. The maximum absolute atomic E-state index is 12.2. The quantitative estimate of drug-likeness (QED) is 0.789. The van der Waals surface area contributed by atoms with Gasteiger partial charge in [-0.2, -0.15) is 0 Å². The highest BCUT2D eigenvalue weighted by atomic mass is 16.5. The van der Waals surface area contributed by atoms with Crippen LogP contribution in [0.1, 0.15) is 33.3 Å². The molecule has 0 radical (unpaired) electrons. The summed E-state index contributed by atoms with van der Waals surface area (Å²) >= 11 is 0. The average Bonchev–Trinajstić information content (AvgIpc) is 2.72. The Morgan fingerprint density at radius 3 is 2.21 bits per heavy atom. The Labute approximate surface area is 174 Å². The van der Waals surface area contributed by atoms with Crippen molar-refractivity contribution in [1.82, 2.24) is 0 Å². The van der Waals surface area contributed by atoms with Crippen molar-refractivity contribution in [2.24, 2.45) is 0 Å². The summed E-state index contributed by atoms with van der Waals surface area (Å²) in [5.74, 6) is 0.551. The van der Waals surface area contributed by atoms with Crippen LogP contribution in [0.25, 0.3) is 0 Å². The van der Waals surface area contributed by atoms with Gasteiger partial charge in [0.05, 0.1) is 32.7 Å². The standard InChI is InChI=1S/C24H33N3O2/c1-5-26-14-16-27(17-15-26)21-10-8-20(9-11-21)25-23(28)18-29-22-12-6-19(7-13-22)24(2,3)4/h6-13H,5,14-18H2,1-4H3,(H,25,28)/p+1. The van der Waals surface area contributed by atoms with E-state index in [0.29, 0.717) is 5.75 Å². The lowest BCUT2D eigenvalue weighted by atomic mass is 9.87. The van der Waals surface area contributed by atoms with Crippen molar-refractivity contribution >= 4 is 17.3 Å². The molecule has 1 amide bonds. The van der Waals surface area contributed by atoms with Gasteiger partial charge >= 0.3 is 0 Å². The van der Waals surface area contributed by atoms with E-state index in [2.05, 4.69) is 50.0 Å².